The lowest BCUT2D eigenvalue weighted by atomic mass is 9.71. The molecular formula is C13H18BrNO4S2. The van der Waals surface area contributed by atoms with E-state index in [2.05, 4.69) is 27.6 Å². The normalized spacial score (nSPS) is 26.7. The SMILES string of the molecule is CC1CCC(CNS(=O)(=O)c2ccc(Br)s2)(C(=O)O)CC1. The van der Waals surface area contributed by atoms with Crippen molar-refractivity contribution in [2.24, 2.45) is 11.3 Å². The van der Waals surface area contributed by atoms with Gasteiger partial charge in [0, 0.05) is 6.54 Å². The minimum atomic E-state index is -3.65. The molecule has 2 rings (SSSR count). The van der Waals surface area contributed by atoms with E-state index in [1.165, 1.54) is 6.07 Å². The maximum absolute atomic E-state index is 12.2. The molecule has 0 aliphatic heterocycles. The Labute approximate surface area is 136 Å². The number of carboxylic acid groups (broad SMARTS) is 1. The smallest absolute Gasteiger partial charge is 0.310 e. The molecule has 0 amide bonds. The van der Waals surface area contributed by atoms with Crippen LogP contribution in [0.25, 0.3) is 0 Å². The van der Waals surface area contributed by atoms with Gasteiger partial charge < -0.3 is 5.11 Å². The molecule has 0 atom stereocenters. The molecule has 2 N–H and O–H groups in total. The van der Waals surface area contributed by atoms with Gasteiger partial charge in [-0.25, -0.2) is 13.1 Å². The number of carboxylic acids is 1. The number of aliphatic carboxylic acids is 1. The summed E-state index contributed by atoms with van der Waals surface area (Å²) in [6.45, 7) is 2.05. The summed E-state index contributed by atoms with van der Waals surface area (Å²) >= 11 is 4.33. The zero-order chi connectivity index (χ0) is 15.7. The minimum absolute atomic E-state index is 0.0487. The van der Waals surface area contributed by atoms with Crippen LogP contribution in [0.15, 0.2) is 20.1 Å². The van der Waals surface area contributed by atoms with E-state index in [0.29, 0.717) is 18.8 Å². The van der Waals surface area contributed by atoms with Crippen molar-refractivity contribution < 1.29 is 18.3 Å². The van der Waals surface area contributed by atoms with Gasteiger partial charge in [-0.15, -0.1) is 11.3 Å². The maximum Gasteiger partial charge on any atom is 0.310 e. The lowest BCUT2D eigenvalue weighted by Crippen LogP contribution is -2.45. The Bertz CT molecular complexity index is 618. The summed E-state index contributed by atoms with van der Waals surface area (Å²) < 4.78 is 27.8. The molecule has 1 fully saturated rings. The Balaban J connectivity index is 2.11. The predicted molar refractivity (Wildman–Crippen MR) is 84.9 cm³/mol. The number of rotatable bonds is 5. The Hall–Kier alpha value is -0.440. The zero-order valence-corrected chi connectivity index (χ0v) is 14.9. The third-order valence-corrected chi connectivity index (χ3v) is 7.62. The number of halogens is 1. The molecule has 8 heteroatoms. The van der Waals surface area contributed by atoms with Crippen molar-refractivity contribution in [1.82, 2.24) is 4.72 Å². The van der Waals surface area contributed by atoms with Gasteiger partial charge in [0.2, 0.25) is 10.0 Å². The fraction of sp³-hybridized carbons (Fsp3) is 0.615. The van der Waals surface area contributed by atoms with Gasteiger partial charge in [0.25, 0.3) is 0 Å². The van der Waals surface area contributed by atoms with Gasteiger partial charge in [-0.1, -0.05) is 6.92 Å². The molecule has 1 saturated carbocycles. The summed E-state index contributed by atoms with van der Waals surface area (Å²) in [5.41, 5.74) is -0.978. The van der Waals surface area contributed by atoms with Gasteiger partial charge in [-0.05, 0) is 59.7 Å². The van der Waals surface area contributed by atoms with Crippen LogP contribution in [0.4, 0.5) is 0 Å². The Kier molecular flexibility index (Phi) is 5.12. The quantitative estimate of drug-likeness (QED) is 0.801. The lowest BCUT2D eigenvalue weighted by Gasteiger charge is -2.35. The van der Waals surface area contributed by atoms with Crippen LogP contribution >= 0.6 is 27.3 Å². The van der Waals surface area contributed by atoms with Gasteiger partial charge in [0.05, 0.1) is 9.20 Å². The molecular weight excluding hydrogens is 378 g/mol. The first-order chi connectivity index (χ1) is 9.75. The van der Waals surface area contributed by atoms with Crippen LogP contribution < -0.4 is 4.72 Å². The van der Waals surface area contributed by atoms with Crippen LogP contribution in [0.1, 0.15) is 32.6 Å². The van der Waals surface area contributed by atoms with Gasteiger partial charge >= 0.3 is 5.97 Å². The van der Waals surface area contributed by atoms with Gasteiger partial charge in [-0.2, -0.15) is 0 Å². The molecule has 0 bridgehead atoms. The minimum Gasteiger partial charge on any atom is -0.481 e. The van der Waals surface area contributed by atoms with Gasteiger partial charge in [0.1, 0.15) is 4.21 Å². The molecule has 1 aromatic rings. The summed E-state index contributed by atoms with van der Waals surface area (Å²) in [6.07, 6.45) is 2.66. The summed E-state index contributed by atoms with van der Waals surface area (Å²) in [6, 6.07) is 3.17. The van der Waals surface area contributed by atoms with Crippen LogP contribution in [0.3, 0.4) is 0 Å². The topological polar surface area (TPSA) is 83.5 Å². The van der Waals surface area contributed by atoms with Gasteiger partial charge in [-0.3, -0.25) is 4.79 Å². The Morgan fingerprint density at radius 2 is 2.10 bits per heavy atom. The first-order valence-electron chi connectivity index (χ1n) is 6.74. The molecule has 0 aromatic carbocycles. The van der Waals surface area contributed by atoms with Crippen molar-refractivity contribution in [3.63, 3.8) is 0 Å². The number of thiophene rings is 1. The molecule has 118 valence electrons. The number of nitrogens with one attached hydrogen (secondary N) is 1. The average Bonchev–Trinajstić information content (AvgIpc) is 2.86. The van der Waals surface area contributed by atoms with Crippen molar-refractivity contribution in [3.05, 3.63) is 15.9 Å². The van der Waals surface area contributed by atoms with Crippen molar-refractivity contribution >= 4 is 43.3 Å². The van der Waals surface area contributed by atoms with E-state index in [9.17, 15) is 18.3 Å². The van der Waals surface area contributed by atoms with E-state index in [1.54, 1.807) is 6.07 Å². The molecule has 1 heterocycles. The first-order valence-corrected chi connectivity index (χ1v) is 9.83. The Morgan fingerprint density at radius 1 is 1.48 bits per heavy atom. The number of hydrogen-bond donors (Lipinski definition) is 2. The highest BCUT2D eigenvalue weighted by Crippen LogP contribution is 2.39. The summed E-state index contributed by atoms with van der Waals surface area (Å²) in [5, 5.41) is 9.51. The van der Waals surface area contributed by atoms with E-state index in [4.69, 9.17) is 0 Å². The third kappa shape index (κ3) is 3.85. The second-order valence-electron chi connectivity index (χ2n) is 5.65. The van der Waals surface area contributed by atoms with Crippen molar-refractivity contribution in [2.45, 2.75) is 36.8 Å². The highest BCUT2D eigenvalue weighted by Gasteiger charge is 2.42. The lowest BCUT2D eigenvalue weighted by molar-refractivity contribution is -0.151. The molecule has 0 spiro atoms. The van der Waals surface area contributed by atoms with E-state index in [-0.39, 0.29) is 10.8 Å². The highest BCUT2D eigenvalue weighted by molar-refractivity contribution is 9.11. The standard InChI is InChI=1S/C13H18BrNO4S2/c1-9-4-6-13(7-5-9,12(16)17)8-15-21(18,19)11-3-2-10(14)20-11/h2-3,9,15H,4-8H2,1H3,(H,16,17). The number of hydrogen-bond acceptors (Lipinski definition) is 4. The first kappa shape index (κ1) is 16.9. The molecule has 0 saturated heterocycles. The summed E-state index contributed by atoms with van der Waals surface area (Å²) in [7, 11) is -3.65. The highest BCUT2D eigenvalue weighted by atomic mass is 79.9. The third-order valence-electron chi connectivity index (χ3n) is 4.10. The number of sulfonamides is 1. The average molecular weight is 396 g/mol. The molecule has 1 aliphatic rings. The fourth-order valence-corrected chi connectivity index (χ4v) is 5.71. The van der Waals surface area contributed by atoms with Crippen LogP contribution in [0.2, 0.25) is 0 Å². The molecule has 0 unspecified atom stereocenters. The second kappa shape index (κ2) is 6.36. The van der Waals surface area contributed by atoms with E-state index in [0.717, 1.165) is 28.0 Å². The predicted octanol–water partition coefficient (Wildman–Crippen LogP) is 3.07. The van der Waals surface area contributed by atoms with Gasteiger partial charge in [0.15, 0.2) is 0 Å². The van der Waals surface area contributed by atoms with E-state index >= 15 is 0 Å². The van der Waals surface area contributed by atoms with E-state index in [1.807, 2.05) is 0 Å². The summed E-state index contributed by atoms with van der Waals surface area (Å²) in [5.74, 6) is -0.410. The van der Waals surface area contributed by atoms with Crippen molar-refractivity contribution in [1.29, 1.82) is 0 Å². The van der Waals surface area contributed by atoms with Crippen LogP contribution in [0.5, 0.6) is 0 Å². The molecule has 0 radical (unpaired) electrons. The van der Waals surface area contributed by atoms with Crippen LogP contribution in [-0.2, 0) is 14.8 Å². The molecule has 21 heavy (non-hydrogen) atoms. The van der Waals surface area contributed by atoms with Crippen molar-refractivity contribution in [3.8, 4) is 0 Å². The van der Waals surface area contributed by atoms with Crippen molar-refractivity contribution in [2.75, 3.05) is 6.54 Å². The molecule has 5 nitrogen and oxygen atoms in total. The maximum atomic E-state index is 12.2. The summed E-state index contributed by atoms with van der Waals surface area (Å²) in [4.78, 5) is 11.6. The second-order valence-corrected chi connectivity index (χ2v) is 10.1. The Morgan fingerprint density at radius 3 is 2.57 bits per heavy atom. The molecule has 1 aromatic heterocycles. The monoisotopic (exact) mass is 395 g/mol. The number of carbonyl (C=O) groups is 1. The van der Waals surface area contributed by atoms with E-state index < -0.39 is 21.4 Å². The fourth-order valence-electron chi connectivity index (χ4n) is 2.53. The molecule has 1 aliphatic carbocycles. The van der Waals surface area contributed by atoms with Crippen LogP contribution in [0, 0.1) is 11.3 Å². The van der Waals surface area contributed by atoms with Crippen LogP contribution in [-0.4, -0.2) is 26.0 Å². The largest absolute Gasteiger partial charge is 0.481 e. The zero-order valence-electron chi connectivity index (χ0n) is 11.6.